The molecule has 1 saturated heterocycles. The van der Waals surface area contributed by atoms with Gasteiger partial charge in [0.1, 0.15) is 0 Å². The Bertz CT molecular complexity index is 69.7. The maximum Gasteiger partial charge on any atom is 0.169 e. The summed E-state index contributed by atoms with van der Waals surface area (Å²) in [4.78, 5) is 0. The number of aliphatic hydroxyl groups is 1. The molecule has 1 aliphatic heterocycles. The average molecular weight is 119 g/mol. The molecule has 0 saturated carbocycles. The average Bonchev–Trinajstić information content (AvgIpc) is 1.64. The lowest BCUT2D eigenvalue weighted by molar-refractivity contribution is -0.223. The number of hydrogen-bond acceptors (Lipinski definition) is 4. The Labute approximate surface area is 47.2 Å². The fourth-order valence-electron chi connectivity index (χ4n) is 0.618. The first-order valence-corrected chi connectivity index (χ1v) is 2.52. The largest absolute Gasteiger partial charge is 0.367 e. The van der Waals surface area contributed by atoms with Crippen molar-refractivity contribution in [1.29, 1.82) is 0 Å². The highest BCUT2D eigenvalue weighted by atomic mass is 16.6. The highest BCUT2D eigenvalue weighted by Gasteiger charge is 2.14. The Morgan fingerprint density at radius 3 is 2.75 bits per heavy atom. The van der Waals surface area contributed by atoms with E-state index in [9.17, 15) is 0 Å². The van der Waals surface area contributed by atoms with Crippen LogP contribution in [0.5, 0.6) is 0 Å². The van der Waals surface area contributed by atoms with E-state index in [-0.39, 0.29) is 6.54 Å². The van der Waals surface area contributed by atoms with Crippen molar-refractivity contribution in [2.45, 2.75) is 6.29 Å². The van der Waals surface area contributed by atoms with E-state index < -0.39 is 6.29 Å². The Balaban J connectivity index is 2.23. The SMILES string of the molecule is OC1CN(O)CCO1. The molecule has 1 unspecified atom stereocenters. The first-order chi connectivity index (χ1) is 3.79. The molecule has 1 aliphatic rings. The lowest BCUT2D eigenvalue weighted by Gasteiger charge is -2.24. The second-order valence-corrected chi connectivity index (χ2v) is 1.74. The van der Waals surface area contributed by atoms with Gasteiger partial charge in [-0.2, -0.15) is 5.06 Å². The number of aliphatic hydroxyl groups excluding tert-OH is 1. The van der Waals surface area contributed by atoms with Crippen molar-refractivity contribution < 1.29 is 15.1 Å². The van der Waals surface area contributed by atoms with Crippen LogP contribution in [0.15, 0.2) is 0 Å². The second kappa shape index (κ2) is 2.41. The number of hydroxylamine groups is 2. The zero-order valence-electron chi connectivity index (χ0n) is 4.45. The van der Waals surface area contributed by atoms with Crippen molar-refractivity contribution in [3.05, 3.63) is 0 Å². The van der Waals surface area contributed by atoms with Gasteiger partial charge in [0.25, 0.3) is 0 Å². The predicted molar refractivity (Wildman–Crippen MR) is 25.3 cm³/mol. The minimum absolute atomic E-state index is 0.194. The summed E-state index contributed by atoms with van der Waals surface area (Å²) in [7, 11) is 0. The maximum atomic E-state index is 8.67. The smallest absolute Gasteiger partial charge is 0.169 e. The normalized spacial score (nSPS) is 33.0. The summed E-state index contributed by atoms with van der Waals surface area (Å²) in [6, 6.07) is 0. The number of hydrogen-bond donors (Lipinski definition) is 2. The molecule has 8 heavy (non-hydrogen) atoms. The number of morpholine rings is 1. The van der Waals surface area contributed by atoms with E-state index in [4.69, 9.17) is 15.1 Å². The molecule has 0 aromatic carbocycles. The van der Waals surface area contributed by atoms with Gasteiger partial charge in [-0.15, -0.1) is 0 Å². The lowest BCUT2D eigenvalue weighted by atomic mass is 10.5. The molecule has 0 aromatic rings. The lowest BCUT2D eigenvalue weighted by Crippen LogP contribution is -2.40. The standard InChI is InChI=1S/C4H9NO3/c6-4-3-5(7)1-2-8-4/h4,6-7H,1-3H2. The van der Waals surface area contributed by atoms with Crippen molar-refractivity contribution >= 4 is 0 Å². The Morgan fingerprint density at radius 1 is 1.62 bits per heavy atom. The fourth-order valence-corrected chi connectivity index (χ4v) is 0.618. The van der Waals surface area contributed by atoms with Gasteiger partial charge in [0, 0.05) is 6.54 Å². The number of β-amino-alcohol motifs (C(OH)–C–C–N with tert-alkyl or cyclic N) is 1. The van der Waals surface area contributed by atoms with E-state index in [1.54, 1.807) is 0 Å². The van der Waals surface area contributed by atoms with Crippen LogP contribution in [0.1, 0.15) is 0 Å². The van der Waals surface area contributed by atoms with Crippen LogP contribution in [0.4, 0.5) is 0 Å². The van der Waals surface area contributed by atoms with Gasteiger partial charge in [0.2, 0.25) is 0 Å². The molecule has 0 aliphatic carbocycles. The molecule has 2 N–H and O–H groups in total. The minimum Gasteiger partial charge on any atom is -0.367 e. The Kier molecular flexibility index (Phi) is 1.80. The van der Waals surface area contributed by atoms with Gasteiger partial charge >= 0.3 is 0 Å². The van der Waals surface area contributed by atoms with Crippen LogP contribution in [0.3, 0.4) is 0 Å². The summed E-state index contributed by atoms with van der Waals surface area (Å²) in [5.74, 6) is 0. The molecular formula is C4H9NO3. The summed E-state index contributed by atoms with van der Waals surface area (Å²) in [5.41, 5.74) is 0. The Hall–Kier alpha value is -0.160. The van der Waals surface area contributed by atoms with Crippen LogP contribution in [0, 0.1) is 0 Å². The van der Waals surface area contributed by atoms with Crippen LogP contribution in [-0.4, -0.2) is 41.4 Å². The van der Waals surface area contributed by atoms with Gasteiger partial charge in [-0.1, -0.05) is 0 Å². The fraction of sp³-hybridized carbons (Fsp3) is 1.00. The van der Waals surface area contributed by atoms with Crippen molar-refractivity contribution in [3.8, 4) is 0 Å². The molecule has 1 fully saturated rings. The van der Waals surface area contributed by atoms with Gasteiger partial charge in [-0.05, 0) is 0 Å². The molecule has 0 amide bonds. The first kappa shape index (κ1) is 5.97. The second-order valence-electron chi connectivity index (χ2n) is 1.74. The molecule has 4 nitrogen and oxygen atoms in total. The summed E-state index contributed by atoms with van der Waals surface area (Å²) in [6.07, 6.45) is -0.811. The van der Waals surface area contributed by atoms with E-state index in [0.717, 1.165) is 5.06 Å². The molecule has 0 aromatic heterocycles. The number of nitrogens with zero attached hydrogens (tertiary/aromatic N) is 1. The van der Waals surface area contributed by atoms with Gasteiger partial charge in [-0.3, -0.25) is 0 Å². The molecule has 0 spiro atoms. The first-order valence-electron chi connectivity index (χ1n) is 2.52. The third kappa shape index (κ3) is 1.41. The van der Waals surface area contributed by atoms with Gasteiger partial charge in [0.15, 0.2) is 6.29 Å². The van der Waals surface area contributed by atoms with Crippen LogP contribution >= 0.6 is 0 Å². The highest BCUT2D eigenvalue weighted by molar-refractivity contribution is 4.53. The van der Waals surface area contributed by atoms with E-state index in [1.807, 2.05) is 0 Å². The summed E-state index contributed by atoms with van der Waals surface area (Å²) in [6.45, 7) is 1.08. The molecule has 4 heteroatoms. The van der Waals surface area contributed by atoms with Crippen LogP contribution in [0.25, 0.3) is 0 Å². The molecule has 48 valence electrons. The van der Waals surface area contributed by atoms with Gasteiger partial charge in [-0.25, -0.2) is 0 Å². The van der Waals surface area contributed by atoms with Crippen LogP contribution < -0.4 is 0 Å². The van der Waals surface area contributed by atoms with Gasteiger partial charge in [0.05, 0.1) is 13.2 Å². The summed E-state index contributed by atoms with van der Waals surface area (Å²) < 4.78 is 4.70. The van der Waals surface area contributed by atoms with E-state index in [2.05, 4.69) is 0 Å². The molecule has 1 atom stereocenters. The van der Waals surface area contributed by atoms with E-state index in [0.29, 0.717) is 13.2 Å². The molecule has 0 radical (unpaired) electrons. The summed E-state index contributed by atoms with van der Waals surface area (Å²) >= 11 is 0. The van der Waals surface area contributed by atoms with Crippen molar-refractivity contribution in [2.75, 3.05) is 19.7 Å². The molecule has 0 bridgehead atoms. The van der Waals surface area contributed by atoms with Crippen molar-refractivity contribution in [3.63, 3.8) is 0 Å². The quantitative estimate of drug-likeness (QED) is 0.430. The van der Waals surface area contributed by atoms with Crippen LogP contribution in [0.2, 0.25) is 0 Å². The zero-order valence-corrected chi connectivity index (χ0v) is 4.45. The van der Waals surface area contributed by atoms with Crippen molar-refractivity contribution in [2.24, 2.45) is 0 Å². The zero-order chi connectivity index (χ0) is 5.98. The molecular weight excluding hydrogens is 110 g/mol. The molecule has 1 rings (SSSR count). The number of rotatable bonds is 0. The van der Waals surface area contributed by atoms with E-state index >= 15 is 0 Å². The third-order valence-electron chi connectivity index (χ3n) is 1.03. The van der Waals surface area contributed by atoms with Gasteiger partial charge < -0.3 is 15.1 Å². The monoisotopic (exact) mass is 119 g/mol. The highest BCUT2D eigenvalue weighted by Crippen LogP contribution is 1.97. The maximum absolute atomic E-state index is 8.67. The Morgan fingerprint density at radius 2 is 2.38 bits per heavy atom. The third-order valence-corrected chi connectivity index (χ3v) is 1.03. The predicted octanol–water partition coefficient (Wildman–Crippen LogP) is -0.974. The number of ether oxygens (including phenoxy) is 1. The topological polar surface area (TPSA) is 52.9 Å². The molecule has 1 heterocycles. The van der Waals surface area contributed by atoms with Crippen LogP contribution in [-0.2, 0) is 4.74 Å². The minimum atomic E-state index is -0.811. The van der Waals surface area contributed by atoms with Crippen molar-refractivity contribution in [1.82, 2.24) is 5.06 Å². The summed E-state index contributed by atoms with van der Waals surface area (Å²) in [5, 5.41) is 18.4. The van der Waals surface area contributed by atoms with E-state index in [1.165, 1.54) is 0 Å².